The Morgan fingerprint density at radius 2 is 1.68 bits per heavy atom. The molecule has 0 radical (unpaired) electrons. The minimum Gasteiger partial charge on any atom is -0.352 e. The Kier molecular flexibility index (Phi) is 5.64. The number of likely N-dealkylation sites (tertiary alicyclic amines) is 1. The molecule has 2 aliphatic rings. The second-order valence-electron chi connectivity index (χ2n) is 6.25. The van der Waals surface area contributed by atoms with Crippen LogP contribution in [-0.2, 0) is 4.79 Å². The molecule has 0 aromatic heterocycles. The molecular weight excluding hydrogens is 238 g/mol. The average Bonchev–Trinajstić information content (AvgIpc) is 2.69. The van der Waals surface area contributed by atoms with Gasteiger partial charge in [0.15, 0.2) is 0 Å². The molecule has 110 valence electrons. The summed E-state index contributed by atoms with van der Waals surface area (Å²) in [5.41, 5.74) is 5.90. The highest BCUT2D eigenvalue weighted by Gasteiger charge is 2.25. The topological polar surface area (TPSA) is 58.4 Å². The molecule has 19 heavy (non-hydrogen) atoms. The number of carbonyl (C=O) groups is 1. The largest absolute Gasteiger partial charge is 0.352 e. The molecule has 1 aliphatic carbocycles. The fourth-order valence-electron chi connectivity index (χ4n) is 3.23. The molecule has 1 aliphatic heterocycles. The Morgan fingerprint density at radius 3 is 2.26 bits per heavy atom. The molecule has 4 nitrogen and oxygen atoms in total. The summed E-state index contributed by atoms with van der Waals surface area (Å²) < 4.78 is 0. The van der Waals surface area contributed by atoms with E-state index in [4.69, 9.17) is 5.73 Å². The molecule has 4 heteroatoms. The van der Waals surface area contributed by atoms with Gasteiger partial charge in [-0.1, -0.05) is 12.8 Å². The van der Waals surface area contributed by atoms with E-state index < -0.39 is 0 Å². The van der Waals surface area contributed by atoms with Crippen molar-refractivity contribution in [3.8, 4) is 0 Å². The minimum absolute atomic E-state index is 0.0219. The van der Waals surface area contributed by atoms with Gasteiger partial charge < -0.3 is 11.1 Å². The number of carbonyl (C=O) groups excluding carboxylic acids is 1. The Morgan fingerprint density at radius 1 is 1.11 bits per heavy atom. The Bertz CT molecular complexity index is 279. The maximum Gasteiger partial charge on any atom is 0.237 e. The molecule has 0 aromatic carbocycles. The molecule has 1 unspecified atom stereocenters. The molecule has 1 heterocycles. The lowest BCUT2D eigenvalue weighted by molar-refractivity contribution is -0.126. The first-order chi connectivity index (χ1) is 9.16. The van der Waals surface area contributed by atoms with Gasteiger partial charge in [0, 0.05) is 12.1 Å². The first-order valence-corrected chi connectivity index (χ1v) is 7.97. The highest BCUT2D eigenvalue weighted by atomic mass is 16.2. The van der Waals surface area contributed by atoms with E-state index in [1.54, 1.807) is 0 Å². The molecule has 1 saturated heterocycles. The molecule has 0 aromatic rings. The lowest BCUT2D eigenvalue weighted by Crippen LogP contribution is -2.49. The van der Waals surface area contributed by atoms with Crippen LogP contribution >= 0.6 is 0 Å². The Labute approximate surface area is 117 Å². The van der Waals surface area contributed by atoms with Crippen molar-refractivity contribution >= 4 is 5.91 Å². The normalized spacial score (nSPS) is 31.5. The zero-order chi connectivity index (χ0) is 13.7. The number of nitrogens with one attached hydrogen (secondary N) is 1. The molecule has 0 bridgehead atoms. The van der Waals surface area contributed by atoms with Crippen molar-refractivity contribution in [2.45, 2.75) is 76.4 Å². The summed E-state index contributed by atoms with van der Waals surface area (Å²) in [6.07, 6.45) is 9.26. The van der Waals surface area contributed by atoms with Crippen molar-refractivity contribution in [2.24, 2.45) is 5.73 Å². The third-order valence-electron chi connectivity index (χ3n) is 4.69. The predicted octanol–water partition coefficient (Wildman–Crippen LogP) is 1.64. The summed E-state index contributed by atoms with van der Waals surface area (Å²) >= 11 is 0. The van der Waals surface area contributed by atoms with Crippen LogP contribution in [0.2, 0.25) is 0 Å². The van der Waals surface area contributed by atoms with Crippen molar-refractivity contribution in [3.63, 3.8) is 0 Å². The summed E-state index contributed by atoms with van der Waals surface area (Å²) in [6, 6.07) is 0.714. The van der Waals surface area contributed by atoms with Crippen molar-refractivity contribution in [1.82, 2.24) is 10.2 Å². The van der Waals surface area contributed by atoms with Crippen LogP contribution in [0.4, 0.5) is 0 Å². The highest BCUT2D eigenvalue weighted by molar-refractivity contribution is 5.81. The van der Waals surface area contributed by atoms with Crippen molar-refractivity contribution in [1.29, 1.82) is 0 Å². The van der Waals surface area contributed by atoms with Crippen LogP contribution in [0.15, 0.2) is 0 Å². The van der Waals surface area contributed by atoms with Crippen molar-refractivity contribution in [3.05, 3.63) is 0 Å². The number of hydrogen-bond acceptors (Lipinski definition) is 3. The van der Waals surface area contributed by atoms with Gasteiger partial charge >= 0.3 is 0 Å². The number of nitrogens with two attached hydrogens (primary N) is 1. The zero-order valence-electron chi connectivity index (χ0n) is 12.2. The van der Waals surface area contributed by atoms with Gasteiger partial charge in [-0.25, -0.2) is 0 Å². The van der Waals surface area contributed by atoms with E-state index in [0.29, 0.717) is 12.1 Å². The second-order valence-corrected chi connectivity index (χ2v) is 6.25. The molecule has 1 amide bonds. The van der Waals surface area contributed by atoms with E-state index in [2.05, 4.69) is 17.1 Å². The second kappa shape index (κ2) is 7.25. The minimum atomic E-state index is 0.0219. The highest BCUT2D eigenvalue weighted by Crippen LogP contribution is 2.18. The van der Waals surface area contributed by atoms with Gasteiger partial charge in [-0.3, -0.25) is 9.69 Å². The van der Waals surface area contributed by atoms with Gasteiger partial charge in [-0.05, 0) is 58.5 Å². The van der Waals surface area contributed by atoms with Crippen LogP contribution in [0.5, 0.6) is 0 Å². The van der Waals surface area contributed by atoms with E-state index in [1.807, 2.05) is 0 Å². The Hall–Kier alpha value is -0.610. The summed E-state index contributed by atoms with van der Waals surface area (Å²) in [7, 11) is 0. The number of amides is 1. The molecule has 2 fully saturated rings. The van der Waals surface area contributed by atoms with Crippen LogP contribution in [0.3, 0.4) is 0 Å². The quantitative estimate of drug-likeness (QED) is 0.817. The van der Waals surface area contributed by atoms with E-state index in [0.717, 1.165) is 38.8 Å². The summed E-state index contributed by atoms with van der Waals surface area (Å²) in [6.45, 7) is 4.20. The Balaban J connectivity index is 1.78. The summed E-state index contributed by atoms with van der Waals surface area (Å²) in [5.74, 6) is 0.211. The number of hydrogen-bond donors (Lipinski definition) is 2. The van der Waals surface area contributed by atoms with Gasteiger partial charge in [0.25, 0.3) is 0 Å². The van der Waals surface area contributed by atoms with Crippen LogP contribution in [0, 0.1) is 0 Å². The van der Waals surface area contributed by atoms with E-state index in [-0.39, 0.29) is 11.9 Å². The first-order valence-electron chi connectivity index (χ1n) is 7.97. The third kappa shape index (κ3) is 4.46. The average molecular weight is 267 g/mol. The smallest absolute Gasteiger partial charge is 0.237 e. The molecule has 1 saturated carbocycles. The first kappa shape index (κ1) is 14.8. The van der Waals surface area contributed by atoms with E-state index in [1.165, 1.54) is 25.7 Å². The molecule has 0 spiro atoms. The monoisotopic (exact) mass is 267 g/mol. The van der Waals surface area contributed by atoms with Crippen molar-refractivity contribution < 1.29 is 4.79 Å². The van der Waals surface area contributed by atoms with Gasteiger partial charge in [0.05, 0.1) is 6.04 Å². The molecule has 3 N–H and O–H groups in total. The lowest BCUT2D eigenvalue weighted by atomic mass is 9.91. The lowest BCUT2D eigenvalue weighted by Gasteiger charge is -2.31. The number of nitrogens with zero attached hydrogens (tertiary/aromatic N) is 1. The van der Waals surface area contributed by atoms with Gasteiger partial charge in [0.1, 0.15) is 0 Å². The van der Waals surface area contributed by atoms with Crippen LogP contribution in [0.25, 0.3) is 0 Å². The molecule has 1 atom stereocenters. The standard InChI is InChI=1S/C15H29N3O/c1-12(18-10-4-2-3-5-11-18)15(19)17-14-8-6-13(16)7-9-14/h12-14H,2-11,16H2,1H3,(H,17,19). The predicted molar refractivity (Wildman–Crippen MR) is 77.9 cm³/mol. The SMILES string of the molecule is CC(C(=O)NC1CCC(N)CC1)N1CCCCCC1. The van der Waals surface area contributed by atoms with Gasteiger partial charge in [-0.2, -0.15) is 0 Å². The third-order valence-corrected chi connectivity index (χ3v) is 4.69. The fraction of sp³-hybridized carbons (Fsp3) is 0.933. The maximum absolute atomic E-state index is 12.3. The summed E-state index contributed by atoms with van der Waals surface area (Å²) in [4.78, 5) is 14.7. The number of rotatable bonds is 3. The van der Waals surface area contributed by atoms with E-state index >= 15 is 0 Å². The van der Waals surface area contributed by atoms with Crippen molar-refractivity contribution in [2.75, 3.05) is 13.1 Å². The van der Waals surface area contributed by atoms with Gasteiger partial charge in [0.2, 0.25) is 5.91 Å². The van der Waals surface area contributed by atoms with E-state index in [9.17, 15) is 4.79 Å². The van der Waals surface area contributed by atoms with Crippen LogP contribution in [-0.4, -0.2) is 42.0 Å². The van der Waals surface area contributed by atoms with Crippen LogP contribution in [0.1, 0.15) is 58.3 Å². The maximum atomic E-state index is 12.3. The fourth-order valence-corrected chi connectivity index (χ4v) is 3.23. The van der Waals surface area contributed by atoms with Gasteiger partial charge in [-0.15, -0.1) is 0 Å². The van der Waals surface area contributed by atoms with Crippen LogP contribution < -0.4 is 11.1 Å². The zero-order valence-corrected chi connectivity index (χ0v) is 12.2. The summed E-state index contributed by atoms with van der Waals surface area (Å²) in [5, 5.41) is 3.22. The molecule has 2 rings (SSSR count). The molecular formula is C15H29N3O.